The van der Waals surface area contributed by atoms with E-state index in [-0.39, 0.29) is 28.8 Å². The molecule has 4 nitrogen and oxygen atoms in total. The van der Waals surface area contributed by atoms with Crippen LogP contribution in [0.5, 0.6) is 0 Å². The maximum Gasteiger partial charge on any atom is 0.261 e. The number of carbonyl (C=O) groups is 2. The molecule has 0 aromatic heterocycles. The van der Waals surface area contributed by atoms with Gasteiger partial charge in [-0.3, -0.25) is 9.59 Å². The highest BCUT2D eigenvalue weighted by molar-refractivity contribution is 6.99. The first kappa shape index (κ1) is 30.9. The highest BCUT2D eigenvalue weighted by Gasteiger charge is 2.50. The molecule has 0 spiro atoms. The van der Waals surface area contributed by atoms with Crippen molar-refractivity contribution in [3.05, 3.63) is 84.0 Å². The van der Waals surface area contributed by atoms with Gasteiger partial charge in [0.15, 0.2) is 5.78 Å². The van der Waals surface area contributed by atoms with E-state index in [2.05, 4.69) is 81.4 Å². The quantitative estimate of drug-likeness (QED) is 0.175. The first-order chi connectivity index (χ1) is 18.6. The number of ether oxygens (including phenoxy) is 1. The largest absolute Gasteiger partial charge is 0.407 e. The first-order valence-corrected chi connectivity index (χ1v) is 16.1. The van der Waals surface area contributed by atoms with E-state index >= 15 is 0 Å². The normalized spacial score (nSPS) is 21.0. The minimum absolute atomic E-state index is 0.0369. The Morgan fingerprint density at radius 3 is 2.08 bits per heavy atom. The summed E-state index contributed by atoms with van der Waals surface area (Å²) in [7, 11) is -0.870. The van der Waals surface area contributed by atoms with E-state index in [1.165, 1.54) is 10.4 Å². The second-order valence-corrected chi connectivity index (χ2v) is 16.3. The zero-order valence-electron chi connectivity index (χ0n) is 24.6. The highest BCUT2D eigenvalue weighted by atomic mass is 28.4. The van der Waals surface area contributed by atoms with Gasteiger partial charge in [-0.15, -0.1) is 0 Å². The van der Waals surface area contributed by atoms with Crippen molar-refractivity contribution in [1.82, 2.24) is 0 Å². The molecule has 1 aliphatic rings. The molecule has 0 radical (unpaired) electrons. The molecule has 3 rings (SSSR count). The second kappa shape index (κ2) is 14.2. The molecule has 39 heavy (non-hydrogen) atoms. The molecular weight excluding hydrogens is 500 g/mol. The van der Waals surface area contributed by atoms with Crippen LogP contribution in [0, 0.1) is 11.8 Å². The van der Waals surface area contributed by atoms with Gasteiger partial charge in [0.2, 0.25) is 0 Å². The fourth-order valence-corrected chi connectivity index (χ4v) is 10.9. The summed E-state index contributed by atoms with van der Waals surface area (Å²) in [6.07, 6.45) is 8.44. The highest BCUT2D eigenvalue weighted by Crippen LogP contribution is 2.39. The minimum Gasteiger partial charge on any atom is -0.407 e. The van der Waals surface area contributed by atoms with Gasteiger partial charge in [-0.25, -0.2) is 0 Å². The molecule has 0 unspecified atom stereocenters. The van der Waals surface area contributed by atoms with Gasteiger partial charge in [0.25, 0.3) is 8.32 Å². The summed E-state index contributed by atoms with van der Waals surface area (Å²) in [5, 5.41) is 2.43. The standard InChI is InChI=1S/C34H46O4Si/c1-26(24-28(36)25-32-31(27(2)20-22-35)18-13-19-33(32)37-6)21-23-38-39(34(3,4)5,29-14-9-7-10-15-29)30-16-11-8-12-17-30/h7-12,14-17,20,22,24,31-33H,13,18-19,21,23,25H2,1-6H3/b26-24+,27-20+/t31-,32-,33+/m0/s1. The fraction of sp³-hybridized carbons (Fsp3) is 0.471. The monoisotopic (exact) mass is 546 g/mol. The Morgan fingerprint density at radius 2 is 1.56 bits per heavy atom. The molecule has 5 heteroatoms. The lowest BCUT2D eigenvalue weighted by Crippen LogP contribution is -2.66. The molecule has 0 heterocycles. The van der Waals surface area contributed by atoms with Gasteiger partial charge >= 0.3 is 0 Å². The van der Waals surface area contributed by atoms with Crippen LogP contribution in [0.25, 0.3) is 0 Å². The zero-order chi connectivity index (χ0) is 28.5. The summed E-state index contributed by atoms with van der Waals surface area (Å²) >= 11 is 0. The van der Waals surface area contributed by atoms with Crippen LogP contribution in [0.15, 0.2) is 84.0 Å². The number of allylic oxidation sites excluding steroid dienone is 3. The van der Waals surface area contributed by atoms with Gasteiger partial charge in [-0.1, -0.05) is 99.0 Å². The number of hydrogen-bond acceptors (Lipinski definition) is 4. The minimum atomic E-state index is -2.60. The number of aldehydes is 1. The van der Waals surface area contributed by atoms with Crippen molar-refractivity contribution in [2.24, 2.45) is 11.8 Å². The van der Waals surface area contributed by atoms with E-state index in [9.17, 15) is 9.59 Å². The van der Waals surface area contributed by atoms with Crippen molar-refractivity contribution in [3.8, 4) is 0 Å². The summed E-state index contributed by atoms with van der Waals surface area (Å²) < 4.78 is 12.8. The van der Waals surface area contributed by atoms with E-state index < -0.39 is 8.32 Å². The maximum absolute atomic E-state index is 13.2. The molecule has 1 fully saturated rings. The summed E-state index contributed by atoms with van der Waals surface area (Å²) in [5.74, 6) is 0.408. The van der Waals surface area contributed by atoms with Crippen molar-refractivity contribution >= 4 is 30.8 Å². The van der Waals surface area contributed by atoms with Crippen molar-refractivity contribution in [1.29, 1.82) is 0 Å². The number of methoxy groups -OCH3 is 1. The van der Waals surface area contributed by atoms with Crippen molar-refractivity contribution < 1.29 is 18.8 Å². The molecule has 2 aromatic rings. The zero-order valence-corrected chi connectivity index (χ0v) is 25.6. The van der Waals surface area contributed by atoms with Gasteiger partial charge in [0, 0.05) is 20.1 Å². The maximum atomic E-state index is 13.2. The average molecular weight is 547 g/mol. The van der Waals surface area contributed by atoms with E-state index in [4.69, 9.17) is 9.16 Å². The lowest BCUT2D eigenvalue weighted by Gasteiger charge is -2.43. The van der Waals surface area contributed by atoms with Crippen molar-refractivity contribution in [2.75, 3.05) is 13.7 Å². The van der Waals surface area contributed by atoms with Crippen LogP contribution in [0.3, 0.4) is 0 Å². The van der Waals surface area contributed by atoms with Crippen LogP contribution in [-0.4, -0.2) is 40.2 Å². The van der Waals surface area contributed by atoms with Gasteiger partial charge in [-0.2, -0.15) is 0 Å². The van der Waals surface area contributed by atoms with Gasteiger partial charge in [0.05, 0.1) is 6.10 Å². The Balaban J connectivity index is 1.77. The van der Waals surface area contributed by atoms with Gasteiger partial charge in [-0.05, 0) is 72.5 Å². The van der Waals surface area contributed by atoms with E-state index in [0.29, 0.717) is 19.4 Å². The number of hydrogen-bond donors (Lipinski definition) is 0. The predicted molar refractivity (Wildman–Crippen MR) is 163 cm³/mol. The van der Waals surface area contributed by atoms with E-state index in [1.54, 1.807) is 19.3 Å². The summed E-state index contributed by atoms with van der Waals surface area (Å²) in [6.45, 7) is 11.4. The fourth-order valence-electron chi connectivity index (χ4n) is 6.35. The van der Waals surface area contributed by atoms with Gasteiger partial charge in [0.1, 0.15) is 6.29 Å². The Hall–Kier alpha value is -2.60. The van der Waals surface area contributed by atoms with Crippen molar-refractivity contribution in [2.45, 2.75) is 77.9 Å². The molecule has 0 bridgehead atoms. The van der Waals surface area contributed by atoms with Crippen LogP contribution in [-0.2, 0) is 18.8 Å². The third-order valence-corrected chi connectivity index (χ3v) is 13.3. The van der Waals surface area contributed by atoms with Crippen molar-refractivity contribution in [3.63, 3.8) is 0 Å². The topological polar surface area (TPSA) is 52.6 Å². The molecular formula is C34H46O4Si. The Kier molecular flexibility index (Phi) is 11.2. The third kappa shape index (κ3) is 7.53. The SMILES string of the molecule is CO[C@@H]1CCC[C@@H](/C(C)=C/C=O)[C@@H]1CC(=O)/C=C(\C)CCO[Si](c1ccccc1)(c1ccccc1)C(C)(C)C. The molecule has 0 amide bonds. The second-order valence-electron chi connectivity index (χ2n) is 11.9. The van der Waals surface area contributed by atoms with Crippen LogP contribution in [0.2, 0.25) is 5.04 Å². The molecule has 0 N–H and O–H groups in total. The van der Waals surface area contributed by atoms with Crippen LogP contribution in [0.4, 0.5) is 0 Å². The van der Waals surface area contributed by atoms with Crippen LogP contribution in [0.1, 0.15) is 66.7 Å². The lowest BCUT2D eigenvalue weighted by molar-refractivity contribution is -0.118. The van der Waals surface area contributed by atoms with Crippen LogP contribution < -0.4 is 10.4 Å². The number of rotatable bonds is 12. The molecule has 1 aliphatic carbocycles. The van der Waals surface area contributed by atoms with Gasteiger partial charge < -0.3 is 9.16 Å². The lowest BCUT2D eigenvalue weighted by atomic mass is 9.71. The number of ketones is 1. The third-order valence-electron chi connectivity index (χ3n) is 8.29. The Bertz CT molecular complexity index is 1090. The van der Waals surface area contributed by atoms with E-state index in [1.807, 2.05) is 13.8 Å². The van der Waals surface area contributed by atoms with E-state index in [0.717, 1.165) is 36.7 Å². The molecule has 0 aliphatic heterocycles. The molecule has 3 atom stereocenters. The smallest absolute Gasteiger partial charge is 0.261 e. The first-order valence-electron chi connectivity index (χ1n) is 14.2. The Morgan fingerprint density at radius 1 is 0.974 bits per heavy atom. The Labute approximate surface area is 236 Å². The molecule has 210 valence electrons. The average Bonchev–Trinajstić information content (AvgIpc) is 2.91. The summed E-state index contributed by atoms with van der Waals surface area (Å²) in [5.41, 5.74) is 2.07. The predicted octanol–water partition coefficient (Wildman–Crippen LogP) is 6.44. The van der Waals surface area contributed by atoms with Crippen LogP contribution >= 0.6 is 0 Å². The number of benzene rings is 2. The number of carbonyl (C=O) groups excluding carboxylic acids is 2. The molecule has 0 saturated heterocycles. The summed E-state index contributed by atoms with van der Waals surface area (Å²) in [4.78, 5) is 24.3. The summed E-state index contributed by atoms with van der Waals surface area (Å²) in [6, 6.07) is 21.3. The molecule has 1 saturated carbocycles. The molecule has 2 aromatic carbocycles.